The van der Waals surface area contributed by atoms with E-state index in [0.29, 0.717) is 29.0 Å². The number of para-hydroxylation sites is 1. The third kappa shape index (κ3) is 4.25. The maximum absolute atomic E-state index is 12.5. The van der Waals surface area contributed by atoms with Crippen LogP contribution in [0.5, 0.6) is 5.75 Å². The molecule has 1 N–H and O–H groups in total. The summed E-state index contributed by atoms with van der Waals surface area (Å²) in [5.74, 6) is 0.530. The Labute approximate surface area is 173 Å². The van der Waals surface area contributed by atoms with Crippen molar-refractivity contribution >= 4 is 22.6 Å². The molecule has 1 amide bonds. The average molecular weight is 399 g/mol. The van der Waals surface area contributed by atoms with Crippen LogP contribution < -0.4 is 15.7 Å². The van der Waals surface area contributed by atoms with Gasteiger partial charge in [0.1, 0.15) is 11.3 Å². The van der Waals surface area contributed by atoms with Crippen molar-refractivity contribution in [2.45, 2.75) is 13.3 Å². The fourth-order valence-electron chi connectivity index (χ4n) is 3.12. The third-order valence-electron chi connectivity index (χ3n) is 4.68. The first-order chi connectivity index (χ1) is 14.6. The number of ether oxygens (including phenoxy) is 1. The summed E-state index contributed by atoms with van der Waals surface area (Å²) >= 11 is 0. The van der Waals surface area contributed by atoms with E-state index in [1.807, 2.05) is 31.2 Å². The standard InChI is InChI=1S/C25H21NO4/c1-2-15-29-21-13-9-18(10-14-21)24(27)26-20-11-7-17(8-12-20)22-16-19-5-3-4-6-23(19)30-25(22)28/h3-14,16H,2,15H2,1H3,(H,26,27). The van der Waals surface area contributed by atoms with Crippen molar-refractivity contribution in [3.05, 3.63) is 94.8 Å². The molecule has 150 valence electrons. The smallest absolute Gasteiger partial charge is 0.344 e. The van der Waals surface area contributed by atoms with Gasteiger partial charge in [-0.05, 0) is 60.5 Å². The van der Waals surface area contributed by atoms with Gasteiger partial charge in [0.05, 0.1) is 12.2 Å². The molecule has 1 heterocycles. The van der Waals surface area contributed by atoms with Crippen LogP contribution in [0.25, 0.3) is 22.1 Å². The summed E-state index contributed by atoms with van der Waals surface area (Å²) in [6.45, 7) is 2.69. The first kappa shape index (κ1) is 19.5. The lowest BCUT2D eigenvalue weighted by atomic mass is 10.1. The van der Waals surface area contributed by atoms with E-state index in [-0.39, 0.29) is 5.91 Å². The number of rotatable bonds is 6. The van der Waals surface area contributed by atoms with Crippen LogP contribution in [0, 0.1) is 0 Å². The summed E-state index contributed by atoms with van der Waals surface area (Å²) in [5, 5.41) is 3.72. The fourth-order valence-corrected chi connectivity index (χ4v) is 3.12. The highest BCUT2D eigenvalue weighted by molar-refractivity contribution is 6.04. The van der Waals surface area contributed by atoms with Crippen LogP contribution in [-0.4, -0.2) is 12.5 Å². The predicted octanol–water partition coefficient (Wildman–Crippen LogP) is 5.50. The second kappa shape index (κ2) is 8.66. The van der Waals surface area contributed by atoms with Crippen LogP contribution >= 0.6 is 0 Å². The molecular weight excluding hydrogens is 378 g/mol. The molecule has 0 aliphatic heterocycles. The molecule has 0 saturated carbocycles. The number of amides is 1. The van der Waals surface area contributed by atoms with Crippen molar-refractivity contribution in [1.29, 1.82) is 0 Å². The van der Waals surface area contributed by atoms with E-state index in [2.05, 4.69) is 5.32 Å². The number of hydrogen-bond acceptors (Lipinski definition) is 4. The van der Waals surface area contributed by atoms with Crippen LogP contribution in [-0.2, 0) is 0 Å². The quantitative estimate of drug-likeness (QED) is 0.435. The Morgan fingerprint density at radius 3 is 2.43 bits per heavy atom. The van der Waals surface area contributed by atoms with E-state index in [0.717, 1.165) is 23.1 Å². The summed E-state index contributed by atoms with van der Waals surface area (Å²) in [6, 6.07) is 23.3. The number of hydrogen-bond donors (Lipinski definition) is 1. The van der Waals surface area contributed by atoms with Gasteiger partial charge in [0, 0.05) is 16.6 Å². The molecule has 0 fully saturated rings. The molecule has 1 aromatic heterocycles. The minimum atomic E-state index is -0.393. The molecular formula is C25H21NO4. The molecule has 0 aliphatic rings. The molecule has 0 radical (unpaired) electrons. The molecule has 5 nitrogen and oxygen atoms in total. The maximum atomic E-state index is 12.5. The normalized spacial score (nSPS) is 10.7. The minimum absolute atomic E-state index is 0.213. The molecule has 0 bridgehead atoms. The van der Waals surface area contributed by atoms with Gasteiger partial charge >= 0.3 is 5.63 Å². The lowest BCUT2D eigenvalue weighted by Gasteiger charge is -2.08. The topological polar surface area (TPSA) is 68.5 Å². The van der Waals surface area contributed by atoms with Gasteiger partial charge in [-0.1, -0.05) is 37.3 Å². The summed E-state index contributed by atoms with van der Waals surface area (Å²) < 4.78 is 10.9. The number of carbonyl (C=O) groups is 1. The Hall–Kier alpha value is -3.86. The second-order valence-electron chi connectivity index (χ2n) is 6.89. The third-order valence-corrected chi connectivity index (χ3v) is 4.68. The van der Waals surface area contributed by atoms with Gasteiger partial charge in [0.15, 0.2) is 0 Å². The molecule has 30 heavy (non-hydrogen) atoms. The molecule has 0 saturated heterocycles. The van der Waals surface area contributed by atoms with E-state index in [1.54, 1.807) is 54.6 Å². The Morgan fingerprint density at radius 1 is 0.967 bits per heavy atom. The highest BCUT2D eigenvalue weighted by Gasteiger charge is 2.10. The highest BCUT2D eigenvalue weighted by atomic mass is 16.5. The summed E-state index contributed by atoms with van der Waals surface area (Å²) in [4.78, 5) is 24.8. The van der Waals surface area contributed by atoms with Crippen LogP contribution in [0.2, 0.25) is 0 Å². The zero-order chi connectivity index (χ0) is 20.9. The summed E-state index contributed by atoms with van der Waals surface area (Å²) in [6.07, 6.45) is 0.930. The van der Waals surface area contributed by atoms with Gasteiger partial charge in [-0.25, -0.2) is 4.79 Å². The van der Waals surface area contributed by atoms with Gasteiger partial charge in [0.25, 0.3) is 5.91 Å². The van der Waals surface area contributed by atoms with Crippen molar-refractivity contribution in [3.63, 3.8) is 0 Å². The zero-order valence-corrected chi connectivity index (χ0v) is 16.6. The average Bonchev–Trinajstić information content (AvgIpc) is 2.78. The van der Waals surface area contributed by atoms with Crippen molar-refractivity contribution in [1.82, 2.24) is 0 Å². The maximum Gasteiger partial charge on any atom is 0.344 e. The largest absolute Gasteiger partial charge is 0.494 e. The lowest BCUT2D eigenvalue weighted by molar-refractivity contribution is 0.102. The molecule has 3 aromatic carbocycles. The van der Waals surface area contributed by atoms with Gasteiger partial charge in [-0.15, -0.1) is 0 Å². The Balaban J connectivity index is 1.49. The number of fused-ring (bicyclic) bond motifs is 1. The van der Waals surface area contributed by atoms with Gasteiger partial charge in [-0.2, -0.15) is 0 Å². The van der Waals surface area contributed by atoms with Crippen molar-refractivity contribution in [2.24, 2.45) is 0 Å². The van der Waals surface area contributed by atoms with Crippen LogP contribution in [0.1, 0.15) is 23.7 Å². The van der Waals surface area contributed by atoms with Crippen LogP contribution in [0.3, 0.4) is 0 Å². The van der Waals surface area contributed by atoms with E-state index in [4.69, 9.17) is 9.15 Å². The van der Waals surface area contributed by atoms with Crippen molar-refractivity contribution in [3.8, 4) is 16.9 Å². The van der Waals surface area contributed by atoms with Crippen molar-refractivity contribution < 1.29 is 13.9 Å². The molecule has 5 heteroatoms. The lowest BCUT2D eigenvalue weighted by Crippen LogP contribution is -2.11. The monoisotopic (exact) mass is 399 g/mol. The molecule has 4 rings (SSSR count). The first-order valence-corrected chi connectivity index (χ1v) is 9.81. The van der Waals surface area contributed by atoms with Crippen LogP contribution in [0.15, 0.2) is 88.1 Å². The highest BCUT2D eigenvalue weighted by Crippen LogP contribution is 2.23. The van der Waals surface area contributed by atoms with E-state index in [1.165, 1.54) is 0 Å². The van der Waals surface area contributed by atoms with E-state index in [9.17, 15) is 9.59 Å². The molecule has 0 spiro atoms. The van der Waals surface area contributed by atoms with Gasteiger partial charge < -0.3 is 14.5 Å². The number of carbonyl (C=O) groups excluding carboxylic acids is 1. The Bertz CT molecular complexity index is 1220. The van der Waals surface area contributed by atoms with E-state index >= 15 is 0 Å². The van der Waals surface area contributed by atoms with Gasteiger partial charge in [0.2, 0.25) is 0 Å². The minimum Gasteiger partial charge on any atom is -0.494 e. The Morgan fingerprint density at radius 2 is 1.70 bits per heavy atom. The first-order valence-electron chi connectivity index (χ1n) is 9.81. The SMILES string of the molecule is CCCOc1ccc(C(=O)Nc2ccc(-c3cc4ccccc4oc3=O)cc2)cc1. The van der Waals surface area contributed by atoms with Crippen molar-refractivity contribution in [2.75, 3.05) is 11.9 Å². The zero-order valence-electron chi connectivity index (χ0n) is 16.6. The number of nitrogens with one attached hydrogen (secondary N) is 1. The number of anilines is 1. The molecule has 0 aliphatic carbocycles. The predicted molar refractivity (Wildman–Crippen MR) is 118 cm³/mol. The fraction of sp³-hybridized carbons (Fsp3) is 0.120. The molecule has 0 unspecified atom stereocenters. The summed E-state index contributed by atoms with van der Waals surface area (Å²) in [7, 11) is 0. The van der Waals surface area contributed by atoms with Crippen LogP contribution in [0.4, 0.5) is 5.69 Å². The Kier molecular flexibility index (Phi) is 5.61. The summed E-state index contributed by atoms with van der Waals surface area (Å²) in [5.41, 5.74) is 2.55. The number of benzene rings is 3. The molecule has 4 aromatic rings. The van der Waals surface area contributed by atoms with E-state index < -0.39 is 5.63 Å². The molecule has 0 atom stereocenters. The second-order valence-corrected chi connectivity index (χ2v) is 6.89. The van der Waals surface area contributed by atoms with Gasteiger partial charge in [-0.3, -0.25) is 4.79 Å².